The number of hydrogen-bond acceptors (Lipinski definition) is 4. The lowest BCUT2D eigenvalue weighted by Crippen LogP contribution is -2.48. The fourth-order valence-corrected chi connectivity index (χ4v) is 1.25. The van der Waals surface area contributed by atoms with Gasteiger partial charge in [-0.2, -0.15) is 0 Å². The molecule has 0 aliphatic heterocycles. The lowest BCUT2D eigenvalue weighted by molar-refractivity contribution is -0.0891. The van der Waals surface area contributed by atoms with Crippen LogP contribution in [0.25, 0.3) is 0 Å². The molecule has 0 amide bonds. The molecule has 4 heteroatoms. The highest BCUT2D eigenvalue weighted by molar-refractivity contribution is 4.87. The van der Waals surface area contributed by atoms with Gasteiger partial charge in [0.05, 0.1) is 12.2 Å². The highest BCUT2D eigenvalue weighted by Gasteiger charge is 2.32. The van der Waals surface area contributed by atoms with Crippen LogP contribution in [0.2, 0.25) is 0 Å². The van der Waals surface area contributed by atoms with Crippen LogP contribution in [0.5, 0.6) is 0 Å². The molecule has 0 aromatic carbocycles. The van der Waals surface area contributed by atoms with E-state index in [-0.39, 0.29) is 6.04 Å². The first-order valence-electron chi connectivity index (χ1n) is 3.41. The van der Waals surface area contributed by atoms with Crippen molar-refractivity contribution in [2.24, 2.45) is 5.73 Å². The van der Waals surface area contributed by atoms with Gasteiger partial charge in [0.15, 0.2) is 0 Å². The van der Waals surface area contributed by atoms with Crippen LogP contribution in [-0.2, 0) is 0 Å². The topological polar surface area (TPSA) is 86.7 Å². The third-order valence-electron chi connectivity index (χ3n) is 1.88. The van der Waals surface area contributed by atoms with Crippen LogP contribution in [0, 0.1) is 0 Å². The average Bonchev–Trinajstić information content (AvgIpc) is 1.82. The Hall–Kier alpha value is -0.160. The van der Waals surface area contributed by atoms with Gasteiger partial charge in [-0.25, -0.2) is 0 Å². The van der Waals surface area contributed by atoms with Crippen LogP contribution in [0.3, 0.4) is 0 Å². The molecule has 0 aromatic rings. The van der Waals surface area contributed by atoms with Crippen molar-refractivity contribution in [3.63, 3.8) is 0 Å². The zero-order valence-electron chi connectivity index (χ0n) is 5.64. The average molecular weight is 147 g/mol. The molecule has 0 unspecified atom stereocenters. The first-order chi connectivity index (χ1) is 4.61. The van der Waals surface area contributed by atoms with Crippen molar-refractivity contribution in [1.29, 1.82) is 0 Å². The Balaban J connectivity index is 2.49. The zero-order chi connectivity index (χ0) is 7.72. The summed E-state index contributed by atoms with van der Waals surface area (Å²) in [5.74, 6) is 0. The highest BCUT2D eigenvalue weighted by Crippen LogP contribution is 2.17. The largest absolute Gasteiger partial charge is 0.390 e. The normalized spacial score (nSPS) is 49.2. The second-order valence-electron chi connectivity index (χ2n) is 2.86. The highest BCUT2D eigenvalue weighted by atomic mass is 16.4. The summed E-state index contributed by atoms with van der Waals surface area (Å²) in [6.07, 6.45) is -1.99. The van der Waals surface area contributed by atoms with Gasteiger partial charge < -0.3 is 21.1 Å². The first kappa shape index (κ1) is 7.94. The molecule has 1 fully saturated rings. The SMILES string of the molecule is NC1C[C@@H](O)C(O)[C@H](O)C1. The van der Waals surface area contributed by atoms with E-state index in [0.717, 1.165) is 0 Å². The summed E-state index contributed by atoms with van der Waals surface area (Å²) < 4.78 is 0. The molecule has 1 aliphatic rings. The minimum atomic E-state index is -1.01. The minimum Gasteiger partial charge on any atom is -0.390 e. The Bertz CT molecular complexity index is 108. The summed E-state index contributed by atoms with van der Waals surface area (Å²) in [7, 11) is 0. The van der Waals surface area contributed by atoms with E-state index in [1.165, 1.54) is 0 Å². The molecule has 0 heterocycles. The smallest absolute Gasteiger partial charge is 0.106 e. The summed E-state index contributed by atoms with van der Waals surface area (Å²) in [5, 5.41) is 27.1. The summed E-state index contributed by atoms with van der Waals surface area (Å²) in [6.45, 7) is 0. The van der Waals surface area contributed by atoms with Crippen molar-refractivity contribution in [2.75, 3.05) is 0 Å². The molecule has 0 spiro atoms. The van der Waals surface area contributed by atoms with E-state index >= 15 is 0 Å². The summed E-state index contributed by atoms with van der Waals surface area (Å²) in [4.78, 5) is 0. The monoisotopic (exact) mass is 147 g/mol. The van der Waals surface area contributed by atoms with Crippen molar-refractivity contribution in [3.05, 3.63) is 0 Å². The van der Waals surface area contributed by atoms with Gasteiger partial charge in [-0.1, -0.05) is 0 Å². The van der Waals surface area contributed by atoms with Crippen LogP contribution in [-0.4, -0.2) is 39.7 Å². The summed E-state index contributed by atoms with van der Waals surface area (Å²) in [6, 6.07) is -0.187. The molecular formula is C6H13NO3. The predicted molar refractivity (Wildman–Crippen MR) is 35.2 cm³/mol. The Morgan fingerprint density at radius 1 is 1.00 bits per heavy atom. The maximum atomic E-state index is 9.03. The number of aliphatic hydroxyl groups is 3. The summed E-state index contributed by atoms with van der Waals surface area (Å²) in [5.41, 5.74) is 5.45. The molecule has 0 radical (unpaired) electrons. The number of aliphatic hydroxyl groups excluding tert-OH is 3. The molecule has 4 nitrogen and oxygen atoms in total. The van der Waals surface area contributed by atoms with E-state index in [1.54, 1.807) is 0 Å². The van der Waals surface area contributed by atoms with E-state index in [1.807, 2.05) is 0 Å². The molecule has 10 heavy (non-hydrogen) atoms. The van der Waals surface area contributed by atoms with E-state index in [4.69, 9.17) is 21.1 Å². The predicted octanol–water partition coefficient (Wildman–Crippen LogP) is -1.81. The third kappa shape index (κ3) is 1.46. The van der Waals surface area contributed by atoms with Gasteiger partial charge >= 0.3 is 0 Å². The van der Waals surface area contributed by atoms with E-state index in [0.29, 0.717) is 12.8 Å². The quantitative estimate of drug-likeness (QED) is 0.325. The van der Waals surface area contributed by atoms with Crippen molar-refractivity contribution in [3.8, 4) is 0 Å². The Kier molecular flexibility index (Phi) is 2.25. The maximum absolute atomic E-state index is 9.03. The summed E-state index contributed by atoms with van der Waals surface area (Å²) >= 11 is 0. The van der Waals surface area contributed by atoms with Gasteiger partial charge in [0.25, 0.3) is 0 Å². The molecular weight excluding hydrogens is 134 g/mol. The minimum absolute atomic E-state index is 0.187. The van der Waals surface area contributed by atoms with E-state index in [2.05, 4.69) is 0 Å². The molecule has 1 saturated carbocycles. The Morgan fingerprint density at radius 2 is 1.40 bits per heavy atom. The third-order valence-corrected chi connectivity index (χ3v) is 1.88. The fraction of sp³-hybridized carbons (Fsp3) is 1.00. The van der Waals surface area contributed by atoms with Crippen molar-refractivity contribution in [1.82, 2.24) is 0 Å². The maximum Gasteiger partial charge on any atom is 0.106 e. The second kappa shape index (κ2) is 2.84. The van der Waals surface area contributed by atoms with Gasteiger partial charge in [0.1, 0.15) is 6.10 Å². The number of rotatable bonds is 0. The van der Waals surface area contributed by atoms with Gasteiger partial charge in [0, 0.05) is 6.04 Å². The van der Waals surface area contributed by atoms with Gasteiger partial charge in [-0.15, -0.1) is 0 Å². The molecule has 0 aromatic heterocycles. The van der Waals surface area contributed by atoms with Crippen molar-refractivity contribution < 1.29 is 15.3 Å². The fourth-order valence-electron chi connectivity index (χ4n) is 1.25. The van der Waals surface area contributed by atoms with Gasteiger partial charge in [-0.05, 0) is 12.8 Å². The molecule has 0 saturated heterocycles. The number of nitrogens with two attached hydrogens (primary N) is 1. The van der Waals surface area contributed by atoms with Crippen LogP contribution in [0.15, 0.2) is 0 Å². The van der Waals surface area contributed by atoms with E-state index in [9.17, 15) is 0 Å². The van der Waals surface area contributed by atoms with Crippen molar-refractivity contribution >= 4 is 0 Å². The van der Waals surface area contributed by atoms with Crippen LogP contribution < -0.4 is 5.73 Å². The molecule has 2 atom stereocenters. The molecule has 5 N–H and O–H groups in total. The standard InChI is InChI=1S/C6H13NO3/c7-3-1-4(8)6(10)5(9)2-3/h3-6,8-10H,1-2,7H2/t3?,4-,5-,6?/m1/s1. The molecule has 1 rings (SSSR count). The lowest BCUT2D eigenvalue weighted by Gasteiger charge is -2.31. The molecule has 60 valence electrons. The molecule has 1 aliphatic carbocycles. The van der Waals surface area contributed by atoms with Crippen LogP contribution >= 0.6 is 0 Å². The van der Waals surface area contributed by atoms with Crippen molar-refractivity contribution in [2.45, 2.75) is 37.2 Å². The van der Waals surface area contributed by atoms with Crippen LogP contribution in [0.1, 0.15) is 12.8 Å². The first-order valence-corrected chi connectivity index (χ1v) is 3.41. The number of hydrogen-bond donors (Lipinski definition) is 4. The second-order valence-corrected chi connectivity index (χ2v) is 2.86. The van der Waals surface area contributed by atoms with Gasteiger partial charge in [0.2, 0.25) is 0 Å². The lowest BCUT2D eigenvalue weighted by atomic mass is 9.89. The van der Waals surface area contributed by atoms with E-state index < -0.39 is 18.3 Å². The molecule has 0 bridgehead atoms. The Labute approximate surface area is 59.3 Å². The Morgan fingerprint density at radius 3 is 1.80 bits per heavy atom. The van der Waals surface area contributed by atoms with Gasteiger partial charge in [-0.3, -0.25) is 0 Å². The zero-order valence-corrected chi connectivity index (χ0v) is 5.64. The van der Waals surface area contributed by atoms with Crippen LogP contribution in [0.4, 0.5) is 0 Å².